The molecule has 2 fully saturated rings. The molecule has 0 radical (unpaired) electrons. The lowest BCUT2D eigenvalue weighted by Gasteiger charge is -2.44. The Morgan fingerprint density at radius 2 is 0.422 bits per heavy atom. The van der Waals surface area contributed by atoms with Crippen molar-refractivity contribution in [3.8, 4) is 0 Å². The molecule has 0 bridgehead atoms. The fourth-order valence-electron chi connectivity index (χ4n) is 22.8. The Kier molecular flexibility index (Phi) is 43.4. The normalized spacial score (nSPS) is 23.0. The van der Waals surface area contributed by atoms with Crippen LogP contribution in [0, 0.1) is 71.0 Å². The van der Waals surface area contributed by atoms with Crippen LogP contribution in [0.15, 0.2) is 136 Å². The summed E-state index contributed by atoms with van der Waals surface area (Å²) in [4.78, 5) is 0. The molecule has 6 aliphatic carbocycles. The van der Waals surface area contributed by atoms with Crippen LogP contribution in [0.1, 0.15) is 446 Å². The largest absolute Gasteiger partial charge is 0.0952 e. The number of allylic oxidation sites excluding steroid dienone is 12. The summed E-state index contributed by atoms with van der Waals surface area (Å²) < 4.78 is 0. The minimum absolute atomic E-state index is 0.380. The maximum atomic E-state index is 4.79. The molecule has 10 unspecified atom stereocenters. The van der Waals surface area contributed by atoms with E-state index in [4.69, 9.17) is 26.3 Å². The average molecular weight is 1480 g/mol. The summed E-state index contributed by atoms with van der Waals surface area (Å²) in [7, 11) is 0. The molecular formula is C109H172. The van der Waals surface area contributed by atoms with Crippen molar-refractivity contribution in [2.75, 3.05) is 0 Å². The first-order valence-electron chi connectivity index (χ1n) is 48.5. The van der Waals surface area contributed by atoms with Gasteiger partial charge in [-0.1, -0.05) is 449 Å². The lowest BCUT2D eigenvalue weighted by atomic mass is 9.61. The van der Waals surface area contributed by atoms with Crippen molar-refractivity contribution in [1.29, 1.82) is 0 Å². The predicted molar refractivity (Wildman–Crippen MR) is 488 cm³/mol. The number of hydrogen-bond donors (Lipinski definition) is 0. The SMILES string of the molecule is C=C1C=CC(=C)C1CCCCCCCCC1C(CCCCCCCCC2C(=C)c3ccc(Cc4ccc5c(c4)C(=C)C(CCCCCCCCC4CCC(CCCCCC)C(CCCCCCCC)C4CCCCCCCCC4C(=C)C=CC4=C)C5=C)cc3C2=C)CCC(CCCCCC)C1CCCCCCCC. The van der Waals surface area contributed by atoms with Gasteiger partial charge in [0.1, 0.15) is 0 Å². The van der Waals surface area contributed by atoms with E-state index < -0.39 is 0 Å². The monoisotopic (exact) mass is 1480 g/mol. The third-order valence-electron chi connectivity index (χ3n) is 29.6. The van der Waals surface area contributed by atoms with Gasteiger partial charge in [-0.05, 0) is 209 Å². The van der Waals surface area contributed by atoms with Gasteiger partial charge in [-0.3, -0.25) is 0 Å². The topological polar surface area (TPSA) is 0 Å². The fraction of sp³-hybridized carbons (Fsp3) is 0.706. The van der Waals surface area contributed by atoms with E-state index in [1.807, 2.05) is 0 Å². The molecule has 0 heteroatoms. The lowest BCUT2D eigenvalue weighted by molar-refractivity contribution is 0.0581. The number of hydrogen-bond acceptors (Lipinski definition) is 0. The molecule has 2 aromatic carbocycles. The molecule has 0 saturated heterocycles. The zero-order valence-electron chi connectivity index (χ0n) is 72.5. The first-order valence-corrected chi connectivity index (χ1v) is 48.5. The van der Waals surface area contributed by atoms with Crippen molar-refractivity contribution >= 4 is 22.3 Å². The zero-order valence-corrected chi connectivity index (χ0v) is 72.5. The Morgan fingerprint density at radius 3 is 0.679 bits per heavy atom. The molecule has 10 atom stereocenters. The highest BCUT2D eigenvalue weighted by atomic mass is 14.5. The van der Waals surface area contributed by atoms with Crippen LogP contribution >= 0.6 is 0 Å². The van der Waals surface area contributed by atoms with Crippen LogP contribution in [-0.2, 0) is 6.42 Å². The molecular weight excluding hydrogens is 1310 g/mol. The number of fused-ring (bicyclic) bond motifs is 2. The summed E-state index contributed by atoms with van der Waals surface area (Å²) >= 11 is 0. The lowest BCUT2D eigenvalue weighted by Crippen LogP contribution is -2.35. The molecule has 8 rings (SSSR count). The van der Waals surface area contributed by atoms with E-state index in [2.05, 4.69) is 115 Å². The standard InChI is InChI=1S/C109H172/c1-13-17-21-25-37-53-65-104-94(57-45-23-19-15-3)75-77-96(106(104)67-55-43-33-31-39-49-61-98-84(5)69-70-85(98)6)59-47-35-27-29-41-51-63-100-88(9)102-79-73-92(82-108(102)90(100)11)81-93-74-80-103-89(10)101(91(12)109(103)83-93)64-52-42-30-28-36-48-60-97-78-76-95(58-46-24-20-16-4)105(66-54-38-26-22-18-14-2)107(97)68-56-44-34-32-40-50-62-99-86(7)71-72-87(99)8/h69-74,79-80,82-83,94-101,104-107H,5-68,75-78,81H2,1-4H3. The van der Waals surface area contributed by atoms with E-state index in [1.54, 1.807) is 0 Å². The van der Waals surface area contributed by atoms with Gasteiger partial charge in [0.15, 0.2) is 0 Å². The molecule has 109 heavy (non-hydrogen) atoms. The fourth-order valence-corrected chi connectivity index (χ4v) is 22.8. The van der Waals surface area contributed by atoms with Gasteiger partial charge in [0.25, 0.3) is 0 Å². The summed E-state index contributed by atoms with van der Waals surface area (Å²) in [5, 5.41) is 0. The molecule has 2 saturated carbocycles. The van der Waals surface area contributed by atoms with E-state index in [9.17, 15) is 0 Å². The molecule has 608 valence electrons. The second-order valence-electron chi connectivity index (χ2n) is 37.7. The van der Waals surface area contributed by atoms with Crippen molar-refractivity contribution in [2.24, 2.45) is 71.0 Å². The smallest absolute Gasteiger partial charge is 0.00899 e. The van der Waals surface area contributed by atoms with Crippen molar-refractivity contribution in [3.63, 3.8) is 0 Å². The van der Waals surface area contributed by atoms with Crippen LogP contribution in [0.25, 0.3) is 22.3 Å². The van der Waals surface area contributed by atoms with Crippen LogP contribution < -0.4 is 0 Å². The van der Waals surface area contributed by atoms with E-state index in [1.165, 1.54) is 463 Å². The van der Waals surface area contributed by atoms with Gasteiger partial charge in [0.2, 0.25) is 0 Å². The van der Waals surface area contributed by atoms with Gasteiger partial charge in [-0.2, -0.15) is 0 Å². The molecule has 0 nitrogen and oxygen atoms in total. The predicted octanol–water partition coefficient (Wildman–Crippen LogP) is 35.6. The van der Waals surface area contributed by atoms with E-state index >= 15 is 0 Å². The Labute approximate surface area is 677 Å². The van der Waals surface area contributed by atoms with Crippen LogP contribution in [0.2, 0.25) is 0 Å². The second-order valence-corrected chi connectivity index (χ2v) is 37.7. The highest BCUT2D eigenvalue weighted by Crippen LogP contribution is 2.52. The molecule has 0 aliphatic heterocycles. The zero-order chi connectivity index (χ0) is 77.2. The van der Waals surface area contributed by atoms with Gasteiger partial charge in [0, 0.05) is 23.7 Å². The summed E-state index contributed by atoms with van der Waals surface area (Å²) in [6.07, 6.45) is 94.6. The summed E-state index contributed by atoms with van der Waals surface area (Å²) in [5.41, 5.74) is 18.5. The quantitative estimate of drug-likeness (QED) is 0.0579. The third kappa shape index (κ3) is 29.9. The van der Waals surface area contributed by atoms with Gasteiger partial charge in [-0.25, -0.2) is 0 Å². The minimum atomic E-state index is 0.380. The van der Waals surface area contributed by atoms with Crippen LogP contribution in [0.5, 0.6) is 0 Å². The summed E-state index contributed by atoms with van der Waals surface area (Å²) in [6.45, 7) is 45.8. The molecule has 0 heterocycles. The van der Waals surface area contributed by atoms with Gasteiger partial charge >= 0.3 is 0 Å². The highest BCUT2D eigenvalue weighted by molar-refractivity contribution is 5.94. The Bertz CT molecular complexity index is 2820. The molecule has 0 aromatic heterocycles. The maximum absolute atomic E-state index is 4.79. The van der Waals surface area contributed by atoms with Crippen molar-refractivity contribution in [3.05, 3.63) is 169 Å². The van der Waals surface area contributed by atoms with Gasteiger partial charge in [0.05, 0.1) is 0 Å². The minimum Gasteiger partial charge on any atom is -0.0952 e. The van der Waals surface area contributed by atoms with Gasteiger partial charge < -0.3 is 0 Å². The Hall–Kier alpha value is -4.16. The molecule has 0 spiro atoms. The number of benzene rings is 2. The molecule has 2 aromatic rings. The van der Waals surface area contributed by atoms with Crippen molar-refractivity contribution < 1.29 is 0 Å². The van der Waals surface area contributed by atoms with Crippen LogP contribution in [0.4, 0.5) is 0 Å². The third-order valence-corrected chi connectivity index (χ3v) is 29.6. The number of rotatable bonds is 62. The molecule has 0 N–H and O–H groups in total. The highest BCUT2D eigenvalue weighted by Gasteiger charge is 2.40. The van der Waals surface area contributed by atoms with E-state index in [0.717, 1.165) is 53.8 Å². The first kappa shape index (κ1) is 90.4. The number of unbranched alkanes of at least 4 members (excludes halogenated alkanes) is 36. The Morgan fingerprint density at radius 1 is 0.220 bits per heavy atom. The average Bonchev–Trinajstić information content (AvgIpc) is 1.63. The Balaban J connectivity index is 0.731. The summed E-state index contributed by atoms with van der Waals surface area (Å²) in [6, 6.07) is 14.4. The van der Waals surface area contributed by atoms with Crippen LogP contribution in [-0.4, -0.2) is 0 Å². The first-order chi connectivity index (χ1) is 53.4. The molecule has 0 amide bonds. The molecule has 6 aliphatic rings. The van der Waals surface area contributed by atoms with E-state index in [0.29, 0.717) is 23.7 Å². The van der Waals surface area contributed by atoms with Crippen molar-refractivity contribution in [1.82, 2.24) is 0 Å². The van der Waals surface area contributed by atoms with Gasteiger partial charge in [-0.15, -0.1) is 0 Å². The second kappa shape index (κ2) is 52.3. The van der Waals surface area contributed by atoms with Crippen molar-refractivity contribution in [2.45, 2.75) is 419 Å². The summed E-state index contributed by atoms with van der Waals surface area (Å²) in [5.74, 6) is 9.57. The maximum Gasteiger partial charge on any atom is 0.00899 e. The van der Waals surface area contributed by atoms with E-state index in [-0.39, 0.29) is 0 Å². The van der Waals surface area contributed by atoms with Crippen LogP contribution in [0.3, 0.4) is 0 Å².